The number of aliphatic hydroxyl groups is 1. The van der Waals surface area contributed by atoms with Gasteiger partial charge in [0.15, 0.2) is 12.2 Å². The zero-order valence-electron chi connectivity index (χ0n) is 58.6. The van der Waals surface area contributed by atoms with Gasteiger partial charge >= 0.3 is 39.5 Å². The van der Waals surface area contributed by atoms with E-state index in [-0.39, 0.29) is 25.7 Å². The van der Waals surface area contributed by atoms with E-state index < -0.39 is 97.5 Å². The summed E-state index contributed by atoms with van der Waals surface area (Å²) in [4.78, 5) is 72.6. The number of hydrogen-bond donors (Lipinski definition) is 3. The largest absolute Gasteiger partial charge is 0.472 e. The number of aliphatic hydroxyl groups excluding tert-OH is 1. The minimum atomic E-state index is -4.95. The van der Waals surface area contributed by atoms with Crippen molar-refractivity contribution in [3.8, 4) is 0 Å². The van der Waals surface area contributed by atoms with Crippen molar-refractivity contribution >= 4 is 39.5 Å². The average molecular weight is 1330 g/mol. The predicted octanol–water partition coefficient (Wildman–Crippen LogP) is 20.2. The molecule has 534 valence electrons. The third-order valence-electron chi connectivity index (χ3n) is 16.7. The van der Waals surface area contributed by atoms with Crippen molar-refractivity contribution in [2.45, 2.75) is 375 Å². The Morgan fingerprint density at radius 3 is 0.844 bits per heavy atom. The Labute approximate surface area is 549 Å². The van der Waals surface area contributed by atoms with Crippen LogP contribution in [0.5, 0.6) is 0 Å². The molecule has 0 saturated heterocycles. The van der Waals surface area contributed by atoms with Crippen LogP contribution in [-0.2, 0) is 65.4 Å². The molecule has 0 rings (SSSR count). The summed E-state index contributed by atoms with van der Waals surface area (Å²) in [6.07, 6.45) is 45.6. The zero-order chi connectivity index (χ0) is 66.6. The zero-order valence-corrected chi connectivity index (χ0v) is 60.4. The van der Waals surface area contributed by atoms with Gasteiger partial charge in [-0.2, -0.15) is 0 Å². The molecule has 6 atom stereocenters. The minimum Gasteiger partial charge on any atom is -0.462 e. The first-order valence-electron chi connectivity index (χ1n) is 36.9. The van der Waals surface area contributed by atoms with Crippen LogP contribution in [-0.4, -0.2) is 96.7 Å². The molecule has 3 unspecified atom stereocenters. The standard InChI is InChI=1S/C71H138O17P2/c1-8-10-11-12-13-14-23-31-38-45-52-68(73)81-59-67(88-71(76)55-48-41-34-27-26-30-37-44-51-64(7)9-2)61-86-90(79,80)84-57-65(72)56-83-89(77,78)85-60-66(87-70(75)54-47-40-33-25-20-16-18-22-29-36-43-50-63(5)6)58-82-69(74)53-46-39-32-24-19-15-17-21-28-35-42-49-62(3)4/h62-67,72H,8-61H2,1-7H3,(H,77,78)(H,79,80)/t64?,65-,66-,67-/m1/s1. The Hall–Kier alpha value is -1.94. The van der Waals surface area contributed by atoms with Crippen molar-refractivity contribution in [3.05, 3.63) is 0 Å². The van der Waals surface area contributed by atoms with Crippen LogP contribution in [0, 0.1) is 17.8 Å². The highest BCUT2D eigenvalue weighted by molar-refractivity contribution is 7.47. The Balaban J connectivity index is 5.26. The van der Waals surface area contributed by atoms with E-state index in [1.807, 2.05) is 0 Å². The highest BCUT2D eigenvalue weighted by Crippen LogP contribution is 2.45. The van der Waals surface area contributed by atoms with Gasteiger partial charge < -0.3 is 33.8 Å². The molecule has 0 bridgehead atoms. The van der Waals surface area contributed by atoms with Gasteiger partial charge in [0.05, 0.1) is 26.4 Å². The molecule has 0 radical (unpaired) electrons. The van der Waals surface area contributed by atoms with E-state index >= 15 is 0 Å². The molecular formula is C71H138O17P2. The summed E-state index contributed by atoms with van der Waals surface area (Å²) in [5.41, 5.74) is 0. The van der Waals surface area contributed by atoms with E-state index in [1.54, 1.807) is 0 Å². The van der Waals surface area contributed by atoms with Crippen molar-refractivity contribution in [3.63, 3.8) is 0 Å². The Morgan fingerprint density at radius 1 is 0.322 bits per heavy atom. The molecule has 0 aromatic carbocycles. The summed E-state index contributed by atoms with van der Waals surface area (Å²) in [5, 5.41) is 10.6. The van der Waals surface area contributed by atoms with Crippen LogP contribution >= 0.6 is 15.6 Å². The first-order chi connectivity index (χ1) is 43.3. The van der Waals surface area contributed by atoms with Gasteiger partial charge in [0.2, 0.25) is 0 Å². The molecule has 17 nitrogen and oxygen atoms in total. The molecule has 0 aromatic heterocycles. The monoisotopic (exact) mass is 1320 g/mol. The molecule has 0 aromatic rings. The quantitative estimate of drug-likeness (QED) is 0.0222. The van der Waals surface area contributed by atoms with E-state index in [2.05, 4.69) is 48.5 Å². The second-order valence-electron chi connectivity index (χ2n) is 26.8. The molecule has 0 aliphatic rings. The van der Waals surface area contributed by atoms with Gasteiger partial charge in [-0.25, -0.2) is 9.13 Å². The molecule has 0 fully saturated rings. The fraction of sp³-hybridized carbons (Fsp3) is 0.944. The van der Waals surface area contributed by atoms with Crippen LogP contribution < -0.4 is 0 Å². The highest BCUT2D eigenvalue weighted by Gasteiger charge is 2.30. The Bertz CT molecular complexity index is 1770. The van der Waals surface area contributed by atoms with Crippen LogP contribution in [0.1, 0.15) is 357 Å². The number of unbranched alkanes of at least 4 members (excludes halogenated alkanes) is 36. The van der Waals surface area contributed by atoms with Crippen molar-refractivity contribution < 1.29 is 80.2 Å². The van der Waals surface area contributed by atoms with Crippen LogP contribution in [0.15, 0.2) is 0 Å². The maximum Gasteiger partial charge on any atom is 0.472 e. The fourth-order valence-corrected chi connectivity index (χ4v) is 12.3. The van der Waals surface area contributed by atoms with Gasteiger partial charge in [0, 0.05) is 25.7 Å². The normalized spacial score (nSPS) is 14.5. The minimum absolute atomic E-state index is 0.105. The van der Waals surface area contributed by atoms with Gasteiger partial charge in [-0.05, 0) is 43.4 Å². The number of phosphoric ester groups is 2. The van der Waals surface area contributed by atoms with Crippen molar-refractivity contribution in [2.75, 3.05) is 39.6 Å². The van der Waals surface area contributed by atoms with E-state index in [4.69, 9.17) is 37.0 Å². The lowest BCUT2D eigenvalue weighted by atomic mass is 9.99. The maximum absolute atomic E-state index is 13.0. The van der Waals surface area contributed by atoms with E-state index in [9.17, 15) is 43.2 Å². The molecule has 19 heteroatoms. The third-order valence-corrected chi connectivity index (χ3v) is 18.6. The molecule has 90 heavy (non-hydrogen) atoms. The van der Waals surface area contributed by atoms with Crippen LogP contribution in [0.25, 0.3) is 0 Å². The van der Waals surface area contributed by atoms with Gasteiger partial charge in [-0.15, -0.1) is 0 Å². The van der Waals surface area contributed by atoms with Crippen molar-refractivity contribution in [1.29, 1.82) is 0 Å². The number of phosphoric acid groups is 2. The second kappa shape index (κ2) is 61.9. The SMILES string of the molecule is CCCCCCCCCCCCC(=O)OC[C@H](COP(=O)(O)OC[C@H](O)COP(=O)(O)OC[C@@H](COC(=O)CCCCCCCCCCCCCC(C)C)OC(=O)CCCCCCCCCCCCCC(C)C)OC(=O)CCCCCCCCCCC(C)CC. The lowest BCUT2D eigenvalue weighted by molar-refractivity contribution is -0.161. The first kappa shape index (κ1) is 88.1. The Kier molecular flexibility index (Phi) is 60.6. The predicted molar refractivity (Wildman–Crippen MR) is 363 cm³/mol. The number of carbonyl (C=O) groups excluding carboxylic acids is 4. The number of rotatable bonds is 69. The summed E-state index contributed by atoms with van der Waals surface area (Å²) in [5.74, 6) is 0.181. The van der Waals surface area contributed by atoms with Crippen LogP contribution in [0.4, 0.5) is 0 Å². The molecule has 0 heterocycles. The van der Waals surface area contributed by atoms with Gasteiger partial charge in [-0.1, -0.05) is 305 Å². The van der Waals surface area contributed by atoms with Gasteiger partial charge in [0.25, 0.3) is 0 Å². The number of esters is 4. The molecule has 0 aliphatic carbocycles. The number of hydrogen-bond acceptors (Lipinski definition) is 15. The fourth-order valence-electron chi connectivity index (χ4n) is 10.7. The van der Waals surface area contributed by atoms with Crippen molar-refractivity contribution in [1.82, 2.24) is 0 Å². The second-order valence-corrected chi connectivity index (χ2v) is 29.7. The molecular weight excluding hydrogens is 1190 g/mol. The summed E-state index contributed by atoms with van der Waals surface area (Å²) < 4.78 is 68.3. The third kappa shape index (κ3) is 63.5. The molecule has 0 aliphatic heterocycles. The topological polar surface area (TPSA) is 237 Å². The lowest BCUT2D eigenvalue weighted by Crippen LogP contribution is -2.30. The number of ether oxygens (including phenoxy) is 4. The van der Waals surface area contributed by atoms with Gasteiger partial charge in [-0.3, -0.25) is 37.3 Å². The van der Waals surface area contributed by atoms with Crippen LogP contribution in [0.3, 0.4) is 0 Å². The van der Waals surface area contributed by atoms with Crippen LogP contribution in [0.2, 0.25) is 0 Å². The van der Waals surface area contributed by atoms with E-state index in [0.29, 0.717) is 25.7 Å². The molecule has 0 amide bonds. The summed E-state index contributed by atoms with van der Waals surface area (Å²) in [6, 6.07) is 0. The Morgan fingerprint density at radius 2 is 0.567 bits per heavy atom. The molecule has 0 spiro atoms. The summed E-state index contributed by atoms with van der Waals surface area (Å²) >= 11 is 0. The summed E-state index contributed by atoms with van der Waals surface area (Å²) in [7, 11) is -9.90. The summed E-state index contributed by atoms with van der Waals surface area (Å²) in [6.45, 7) is 11.9. The van der Waals surface area contributed by atoms with E-state index in [1.165, 1.54) is 167 Å². The molecule has 3 N–H and O–H groups in total. The smallest absolute Gasteiger partial charge is 0.462 e. The van der Waals surface area contributed by atoms with Crippen molar-refractivity contribution in [2.24, 2.45) is 17.8 Å². The van der Waals surface area contributed by atoms with E-state index in [0.717, 1.165) is 108 Å². The molecule has 0 saturated carbocycles. The first-order valence-corrected chi connectivity index (χ1v) is 39.9. The highest BCUT2D eigenvalue weighted by atomic mass is 31.2. The number of carbonyl (C=O) groups is 4. The maximum atomic E-state index is 13.0. The average Bonchev–Trinajstić information content (AvgIpc) is 2.68. The lowest BCUT2D eigenvalue weighted by Gasteiger charge is -2.21. The van der Waals surface area contributed by atoms with Gasteiger partial charge in [0.1, 0.15) is 19.3 Å².